The van der Waals surface area contributed by atoms with Crippen molar-refractivity contribution in [2.75, 3.05) is 19.7 Å². The lowest BCUT2D eigenvalue weighted by molar-refractivity contribution is -0.142. The highest BCUT2D eigenvalue weighted by Crippen LogP contribution is 2.27. The Morgan fingerprint density at radius 2 is 2.10 bits per heavy atom. The molecule has 5 nitrogen and oxygen atoms in total. The molecule has 0 aliphatic rings. The summed E-state index contributed by atoms with van der Waals surface area (Å²) < 4.78 is 62.0. The minimum Gasteiger partial charge on any atom is -0.395 e. The van der Waals surface area contributed by atoms with E-state index in [1.54, 1.807) is 0 Å². The fraction of sp³-hybridized carbons (Fsp3) is 0.600. The van der Waals surface area contributed by atoms with E-state index in [0.29, 0.717) is 15.6 Å². The van der Waals surface area contributed by atoms with Gasteiger partial charge in [-0.1, -0.05) is 0 Å². The van der Waals surface area contributed by atoms with Crippen LogP contribution in [0.15, 0.2) is 12.3 Å². The summed E-state index contributed by atoms with van der Waals surface area (Å²) in [5.74, 6) is -0.851. The van der Waals surface area contributed by atoms with Crippen molar-refractivity contribution in [3.63, 3.8) is 0 Å². The first-order valence-corrected chi connectivity index (χ1v) is 5.51. The first kappa shape index (κ1) is 16.3. The summed E-state index contributed by atoms with van der Waals surface area (Å²) in [6, 6.07) is 0.677. The minimum atomic E-state index is -4.64. The lowest BCUT2D eigenvalue weighted by Gasteiger charge is -2.21. The molecular weight excluding hydrogens is 289 g/mol. The van der Waals surface area contributed by atoms with Crippen molar-refractivity contribution < 1.29 is 31.9 Å². The van der Waals surface area contributed by atoms with Crippen LogP contribution in [0.25, 0.3) is 0 Å². The smallest absolute Gasteiger partial charge is 0.395 e. The second kappa shape index (κ2) is 6.64. The van der Waals surface area contributed by atoms with Crippen molar-refractivity contribution in [2.45, 2.75) is 19.1 Å². The van der Waals surface area contributed by atoms with E-state index in [1.165, 1.54) is 0 Å². The number of carbonyl (C=O) groups is 1. The lowest BCUT2D eigenvalue weighted by atomic mass is 10.4. The zero-order valence-corrected chi connectivity index (χ0v) is 10.1. The van der Waals surface area contributed by atoms with Gasteiger partial charge in [0.1, 0.15) is 6.54 Å². The highest BCUT2D eigenvalue weighted by atomic mass is 19.4. The third kappa shape index (κ3) is 4.76. The highest BCUT2D eigenvalue weighted by molar-refractivity contribution is 5.75. The van der Waals surface area contributed by atoms with Gasteiger partial charge in [-0.3, -0.25) is 9.48 Å². The molecule has 0 saturated heterocycles. The van der Waals surface area contributed by atoms with E-state index in [-0.39, 0.29) is 6.54 Å². The maximum Gasteiger partial charge on any atom is 0.435 e. The van der Waals surface area contributed by atoms with Gasteiger partial charge in [0, 0.05) is 12.7 Å². The van der Waals surface area contributed by atoms with Crippen LogP contribution in [0.1, 0.15) is 5.69 Å². The molecule has 1 amide bonds. The molecule has 1 aromatic rings. The normalized spacial score (nSPS) is 11.9. The number of aliphatic hydroxyl groups excluding tert-OH is 1. The summed E-state index contributed by atoms with van der Waals surface area (Å²) in [6.07, 6.45) is -6.50. The quantitative estimate of drug-likeness (QED) is 0.797. The number of hydrogen-bond acceptors (Lipinski definition) is 3. The molecule has 0 fully saturated rings. The molecule has 0 aliphatic carbocycles. The molecule has 0 atom stereocenters. The first-order chi connectivity index (χ1) is 9.24. The Morgan fingerprint density at radius 3 is 2.55 bits per heavy atom. The molecular formula is C10H12F5N3O2. The van der Waals surface area contributed by atoms with E-state index in [9.17, 15) is 26.7 Å². The maximum atomic E-state index is 12.3. The summed E-state index contributed by atoms with van der Waals surface area (Å²) in [6.45, 7) is -2.35. The maximum absolute atomic E-state index is 12.3. The summed E-state index contributed by atoms with van der Waals surface area (Å²) in [5.41, 5.74) is -1.17. The lowest BCUT2D eigenvalue weighted by Crippen LogP contribution is -2.39. The predicted molar refractivity (Wildman–Crippen MR) is 56.9 cm³/mol. The number of aliphatic hydroxyl groups is 1. The number of amides is 1. The van der Waals surface area contributed by atoms with E-state index in [2.05, 4.69) is 5.10 Å². The summed E-state index contributed by atoms with van der Waals surface area (Å²) in [4.78, 5) is 12.3. The second-order valence-corrected chi connectivity index (χ2v) is 3.85. The zero-order chi connectivity index (χ0) is 15.3. The van der Waals surface area contributed by atoms with Gasteiger partial charge in [-0.2, -0.15) is 18.3 Å². The Kier molecular flexibility index (Phi) is 5.43. The van der Waals surface area contributed by atoms with E-state index in [1.807, 2.05) is 0 Å². The van der Waals surface area contributed by atoms with Crippen LogP contribution in [0, 0.1) is 0 Å². The SMILES string of the molecule is O=C(Cn1ccc(C(F)(F)F)n1)N(CCO)CC(F)F. The van der Waals surface area contributed by atoms with Gasteiger partial charge in [0.2, 0.25) is 5.91 Å². The minimum absolute atomic E-state index is 0.323. The largest absolute Gasteiger partial charge is 0.435 e. The van der Waals surface area contributed by atoms with Crippen LogP contribution in [-0.4, -0.2) is 51.8 Å². The van der Waals surface area contributed by atoms with Gasteiger partial charge in [0.15, 0.2) is 5.69 Å². The van der Waals surface area contributed by atoms with Crippen molar-refractivity contribution >= 4 is 5.91 Å². The number of carbonyl (C=O) groups excluding carboxylic acids is 1. The fourth-order valence-corrected chi connectivity index (χ4v) is 1.44. The molecule has 1 heterocycles. The fourth-order valence-electron chi connectivity index (χ4n) is 1.44. The molecule has 0 saturated carbocycles. The summed E-state index contributed by atoms with van der Waals surface area (Å²) in [7, 11) is 0. The van der Waals surface area contributed by atoms with Crippen LogP contribution in [0.3, 0.4) is 0 Å². The van der Waals surface area contributed by atoms with Gasteiger partial charge < -0.3 is 10.0 Å². The Bertz CT molecular complexity index is 446. The molecule has 1 rings (SSSR count). The highest BCUT2D eigenvalue weighted by Gasteiger charge is 2.33. The Balaban J connectivity index is 2.70. The van der Waals surface area contributed by atoms with Crippen LogP contribution in [0.5, 0.6) is 0 Å². The topological polar surface area (TPSA) is 58.4 Å². The van der Waals surface area contributed by atoms with Crippen LogP contribution in [0.4, 0.5) is 22.0 Å². The predicted octanol–water partition coefficient (Wildman–Crippen LogP) is 0.988. The van der Waals surface area contributed by atoms with E-state index in [4.69, 9.17) is 5.11 Å². The average Bonchev–Trinajstić information content (AvgIpc) is 2.76. The Labute approximate surface area is 110 Å². The molecule has 0 aromatic carbocycles. The third-order valence-corrected chi connectivity index (χ3v) is 2.31. The molecule has 10 heteroatoms. The van der Waals surface area contributed by atoms with Gasteiger partial charge in [-0.15, -0.1) is 0 Å². The molecule has 0 aliphatic heterocycles. The van der Waals surface area contributed by atoms with Crippen LogP contribution in [-0.2, 0) is 17.5 Å². The summed E-state index contributed by atoms with van der Waals surface area (Å²) >= 11 is 0. The van der Waals surface area contributed by atoms with Crippen molar-refractivity contribution in [3.05, 3.63) is 18.0 Å². The second-order valence-electron chi connectivity index (χ2n) is 3.85. The molecule has 0 radical (unpaired) electrons. The monoisotopic (exact) mass is 301 g/mol. The molecule has 0 unspecified atom stereocenters. The van der Waals surface area contributed by atoms with Gasteiger partial charge in [0.05, 0.1) is 13.2 Å². The average molecular weight is 301 g/mol. The number of nitrogens with zero attached hydrogens (tertiary/aromatic N) is 3. The van der Waals surface area contributed by atoms with E-state index in [0.717, 1.165) is 6.20 Å². The number of rotatable bonds is 6. The number of halogens is 5. The molecule has 0 spiro atoms. The molecule has 114 valence electrons. The number of aromatic nitrogens is 2. The molecule has 1 aromatic heterocycles. The Hall–Kier alpha value is -1.71. The first-order valence-electron chi connectivity index (χ1n) is 5.51. The van der Waals surface area contributed by atoms with Crippen molar-refractivity contribution in [3.8, 4) is 0 Å². The van der Waals surface area contributed by atoms with Crippen molar-refractivity contribution in [1.29, 1.82) is 0 Å². The molecule has 0 bridgehead atoms. The van der Waals surface area contributed by atoms with Crippen molar-refractivity contribution in [1.82, 2.24) is 14.7 Å². The van der Waals surface area contributed by atoms with Crippen molar-refractivity contribution in [2.24, 2.45) is 0 Å². The van der Waals surface area contributed by atoms with Crippen LogP contribution < -0.4 is 0 Å². The number of alkyl halides is 5. The zero-order valence-electron chi connectivity index (χ0n) is 10.1. The van der Waals surface area contributed by atoms with Gasteiger partial charge in [-0.05, 0) is 6.07 Å². The Morgan fingerprint density at radius 1 is 1.45 bits per heavy atom. The van der Waals surface area contributed by atoms with Gasteiger partial charge >= 0.3 is 6.18 Å². The molecule has 1 N–H and O–H groups in total. The van der Waals surface area contributed by atoms with Crippen LogP contribution >= 0.6 is 0 Å². The molecule has 20 heavy (non-hydrogen) atoms. The van der Waals surface area contributed by atoms with Crippen LogP contribution in [0.2, 0.25) is 0 Å². The van der Waals surface area contributed by atoms with E-state index >= 15 is 0 Å². The van der Waals surface area contributed by atoms with Gasteiger partial charge in [-0.25, -0.2) is 8.78 Å². The van der Waals surface area contributed by atoms with E-state index < -0.39 is 43.9 Å². The third-order valence-electron chi connectivity index (χ3n) is 2.31. The standard InChI is InChI=1S/C10H12F5N3O2/c11-8(12)5-17(3-4-19)9(20)6-18-2-1-7(16-18)10(13,14)15/h1-2,8,19H,3-6H2. The number of hydrogen-bond donors (Lipinski definition) is 1. The summed E-state index contributed by atoms with van der Waals surface area (Å²) in [5, 5.41) is 11.8. The van der Waals surface area contributed by atoms with Gasteiger partial charge in [0.25, 0.3) is 6.43 Å².